The number of benzene rings is 3. The molecule has 0 bridgehead atoms. The van der Waals surface area contributed by atoms with Gasteiger partial charge in [0, 0.05) is 39.6 Å². The highest BCUT2D eigenvalue weighted by Crippen LogP contribution is 2.40. The topological polar surface area (TPSA) is 18.1 Å². The van der Waals surface area contributed by atoms with Gasteiger partial charge in [-0.05, 0) is 41.3 Å². The first-order valence-electron chi connectivity index (χ1n) is 8.78. The van der Waals surface area contributed by atoms with E-state index >= 15 is 0 Å². The standard InChI is InChI=1S/C23H21NO/c1-23(2,3)14-9-11-19-16(13-14)22-20(25-19)12-10-18-21(22)15-7-5-6-8-17(15)24(18)4/h5-13H,1-4H3. The lowest BCUT2D eigenvalue weighted by Gasteiger charge is -2.18. The predicted molar refractivity (Wildman–Crippen MR) is 106 cm³/mol. The average Bonchev–Trinajstić information content (AvgIpc) is 3.10. The second kappa shape index (κ2) is 4.66. The van der Waals surface area contributed by atoms with Gasteiger partial charge in [0.1, 0.15) is 11.2 Å². The maximum absolute atomic E-state index is 6.18. The van der Waals surface area contributed by atoms with Crippen molar-refractivity contribution >= 4 is 43.7 Å². The SMILES string of the molecule is Cn1c2ccccc2c2c3c(ccc21)oc1ccc(C(C)(C)C)cc13. The van der Waals surface area contributed by atoms with E-state index in [1.165, 1.54) is 38.1 Å². The van der Waals surface area contributed by atoms with Gasteiger partial charge in [-0.25, -0.2) is 0 Å². The van der Waals surface area contributed by atoms with Crippen LogP contribution in [0.1, 0.15) is 26.3 Å². The number of fused-ring (bicyclic) bond motifs is 7. The van der Waals surface area contributed by atoms with Gasteiger partial charge in [0.2, 0.25) is 0 Å². The number of hydrogen-bond acceptors (Lipinski definition) is 1. The van der Waals surface area contributed by atoms with Gasteiger partial charge in [-0.1, -0.05) is 45.0 Å². The monoisotopic (exact) mass is 327 g/mol. The zero-order chi connectivity index (χ0) is 17.3. The summed E-state index contributed by atoms with van der Waals surface area (Å²) in [4.78, 5) is 0. The molecule has 0 amide bonds. The second-order valence-corrected chi connectivity index (χ2v) is 7.97. The van der Waals surface area contributed by atoms with Crippen LogP contribution in [0.2, 0.25) is 0 Å². The van der Waals surface area contributed by atoms with Crippen molar-refractivity contribution < 1.29 is 4.42 Å². The minimum Gasteiger partial charge on any atom is -0.456 e. The molecule has 5 aromatic rings. The molecule has 2 heteroatoms. The van der Waals surface area contributed by atoms with Gasteiger partial charge < -0.3 is 8.98 Å². The molecule has 25 heavy (non-hydrogen) atoms. The number of rotatable bonds is 0. The van der Waals surface area contributed by atoms with Crippen LogP contribution in [0.5, 0.6) is 0 Å². The van der Waals surface area contributed by atoms with E-state index < -0.39 is 0 Å². The van der Waals surface area contributed by atoms with Crippen molar-refractivity contribution in [1.29, 1.82) is 0 Å². The number of aromatic nitrogens is 1. The smallest absolute Gasteiger partial charge is 0.136 e. The zero-order valence-electron chi connectivity index (χ0n) is 15.1. The highest BCUT2D eigenvalue weighted by Gasteiger charge is 2.19. The summed E-state index contributed by atoms with van der Waals surface area (Å²) in [6.07, 6.45) is 0. The number of para-hydroxylation sites is 1. The summed E-state index contributed by atoms with van der Waals surface area (Å²) in [5.74, 6) is 0. The second-order valence-electron chi connectivity index (χ2n) is 7.97. The van der Waals surface area contributed by atoms with Gasteiger partial charge in [-0.15, -0.1) is 0 Å². The Hall–Kier alpha value is -2.74. The normalized spacial score (nSPS) is 12.8. The Morgan fingerprint density at radius 2 is 1.52 bits per heavy atom. The van der Waals surface area contributed by atoms with Gasteiger partial charge >= 0.3 is 0 Å². The molecule has 2 heterocycles. The number of hydrogen-bond donors (Lipinski definition) is 0. The quantitative estimate of drug-likeness (QED) is 0.316. The molecule has 2 aromatic heterocycles. The predicted octanol–water partition coefficient (Wildman–Crippen LogP) is 6.53. The van der Waals surface area contributed by atoms with Crippen LogP contribution in [0, 0.1) is 0 Å². The van der Waals surface area contributed by atoms with Crippen LogP contribution in [0.4, 0.5) is 0 Å². The number of furan rings is 1. The molecule has 0 spiro atoms. The van der Waals surface area contributed by atoms with E-state index in [0.717, 1.165) is 11.2 Å². The van der Waals surface area contributed by atoms with Crippen LogP contribution in [0.15, 0.2) is 59.0 Å². The Morgan fingerprint density at radius 1 is 0.760 bits per heavy atom. The Labute approximate surface area is 146 Å². The van der Waals surface area contributed by atoms with Crippen molar-refractivity contribution in [2.24, 2.45) is 7.05 Å². The molecule has 0 aliphatic rings. The summed E-state index contributed by atoms with van der Waals surface area (Å²) in [5.41, 5.74) is 5.88. The molecule has 0 atom stereocenters. The molecule has 2 nitrogen and oxygen atoms in total. The van der Waals surface area contributed by atoms with Crippen molar-refractivity contribution in [2.45, 2.75) is 26.2 Å². The third-order valence-electron chi connectivity index (χ3n) is 5.38. The maximum atomic E-state index is 6.18. The van der Waals surface area contributed by atoms with Crippen molar-refractivity contribution in [1.82, 2.24) is 4.57 Å². The summed E-state index contributed by atoms with van der Waals surface area (Å²) >= 11 is 0. The summed E-state index contributed by atoms with van der Waals surface area (Å²) in [6, 6.07) is 19.5. The van der Waals surface area contributed by atoms with Crippen LogP contribution < -0.4 is 0 Å². The van der Waals surface area contributed by atoms with E-state index in [1.807, 2.05) is 0 Å². The van der Waals surface area contributed by atoms with E-state index in [2.05, 4.69) is 87.0 Å². The van der Waals surface area contributed by atoms with Crippen molar-refractivity contribution in [3.05, 3.63) is 60.2 Å². The van der Waals surface area contributed by atoms with Gasteiger partial charge in [-0.2, -0.15) is 0 Å². The fraction of sp³-hybridized carbons (Fsp3) is 0.217. The molecule has 0 saturated carbocycles. The van der Waals surface area contributed by atoms with Crippen molar-refractivity contribution in [3.63, 3.8) is 0 Å². The molecule has 124 valence electrons. The first kappa shape index (κ1) is 14.6. The van der Waals surface area contributed by atoms with Crippen LogP contribution >= 0.6 is 0 Å². The lowest BCUT2D eigenvalue weighted by Crippen LogP contribution is -2.10. The highest BCUT2D eigenvalue weighted by molar-refractivity contribution is 6.26. The van der Waals surface area contributed by atoms with Crippen LogP contribution in [0.25, 0.3) is 43.7 Å². The Bertz CT molecular complexity index is 1280. The minimum absolute atomic E-state index is 0.116. The zero-order valence-corrected chi connectivity index (χ0v) is 15.1. The summed E-state index contributed by atoms with van der Waals surface area (Å²) in [6.45, 7) is 6.76. The van der Waals surface area contributed by atoms with Crippen molar-refractivity contribution in [2.75, 3.05) is 0 Å². The van der Waals surface area contributed by atoms with E-state index in [0.29, 0.717) is 0 Å². The molecule has 0 unspecified atom stereocenters. The molecular formula is C23H21NO. The number of aryl methyl sites for hydroxylation is 1. The molecule has 0 fully saturated rings. The molecular weight excluding hydrogens is 306 g/mol. The van der Waals surface area contributed by atoms with Crippen LogP contribution in [0.3, 0.4) is 0 Å². The Balaban J connectivity index is 2.05. The lowest BCUT2D eigenvalue weighted by atomic mass is 9.86. The summed E-state index contributed by atoms with van der Waals surface area (Å²) in [5, 5.41) is 5.02. The lowest BCUT2D eigenvalue weighted by molar-refractivity contribution is 0.590. The molecule has 3 aromatic carbocycles. The third-order valence-corrected chi connectivity index (χ3v) is 5.38. The van der Waals surface area contributed by atoms with E-state index in [1.54, 1.807) is 0 Å². The molecule has 0 N–H and O–H groups in total. The van der Waals surface area contributed by atoms with E-state index in [-0.39, 0.29) is 5.41 Å². The molecule has 0 aliphatic heterocycles. The summed E-state index contributed by atoms with van der Waals surface area (Å²) < 4.78 is 8.45. The first-order valence-corrected chi connectivity index (χ1v) is 8.78. The fourth-order valence-corrected chi connectivity index (χ4v) is 3.98. The van der Waals surface area contributed by atoms with Crippen LogP contribution in [-0.4, -0.2) is 4.57 Å². The van der Waals surface area contributed by atoms with Crippen LogP contribution in [-0.2, 0) is 12.5 Å². The van der Waals surface area contributed by atoms with Gasteiger partial charge in [0.05, 0.1) is 0 Å². The average molecular weight is 327 g/mol. The molecule has 0 aliphatic carbocycles. The Kier molecular flexibility index (Phi) is 2.72. The molecule has 5 rings (SSSR count). The maximum Gasteiger partial charge on any atom is 0.136 e. The third kappa shape index (κ3) is 1.91. The van der Waals surface area contributed by atoms with Gasteiger partial charge in [-0.3, -0.25) is 0 Å². The van der Waals surface area contributed by atoms with Crippen molar-refractivity contribution in [3.8, 4) is 0 Å². The molecule has 0 saturated heterocycles. The fourth-order valence-electron chi connectivity index (χ4n) is 3.98. The first-order chi connectivity index (χ1) is 11.9. The minimum atomic E-state index is 0.116. The van der Waals surface area contributed by atoms with E-state index in [9.17, 15) is 0 Å². The highest BCUT2D eigenvalue weighted by atomic mass is 16.3. The van der Waals surface area contributed by atoms with Gasteiger partial charge in [0.15, 0.2) is 0 Å². The summed E-state index contributed by atoms with van der Waals surface area (Å²) in [7, 11) is 2.14. The largest absolute Gasteiger partial charge is 0.456 e. The van der Waals surface area contributed by atoms with E-state index in [4.69, 9.17) is 4.42 Å². The number of nitrogens with zero attached hydrogens (tertiary/aromatic N) is 1. The molecule has 0 radical (unpaired) electrons. The van der Waals surface area contributed by atoms with Gasteiger partial charge in [0.25, 0.3) is 0 Å². The Morgan fingerprint density at radius 3 is 2.32 bits per heavy atom.